The Balaban J connectivity index is 0.00000243. The lowest BCUT2D eigenvalue weighted by molar-refractivity contribution is 0.361. The molecule has 26 heavy (non-hydrogen) atoms. The van der Waals surface area contributed by atoms with Crippen molar-refractivity contribution in [2.24, 2.45) is 7.05 Å². The van der Waals surface area contributed by atoms with Crippen molar-refractivity contribution < 1.29 is 4.52 Å². The Bertz CT molecular complexity index is 972. The lowest BCUT2D eigenvalue weighted by Gasteiger charge is -2.04. The molecule has 0 bridgehead atoms. The quantitative estimate of drug-likeness (QED) is 0.661. The van der Waals surface area contributed by atoms with Crippen molar-refractivity contribution in [3.8, 4) is 0 Å². The van der Waals surface area contributed by atoms with Gasteiger partial charge in [0.2, 0.25) is 5.89 Å². The zero-order chi connectivity index (χ0) is 18.0. The molecule has 0 N–H and O–H groups in total. The van der Waals surface area contributed by atoms with E-state index >= 15 is 0 Å². The molecule has 3 rings (SSSR count). The van der Waals surface area contributed by atoms with Gasteiger partial charge in [0, 0.05) is 24.7 Å². The molecule has 0 aliphatic carbocycles. The number of hydrogen-bond acceptors (Lipinski definition) is 5. The maximum atomic E-state index is 12.1. The van der Waals surface area contributed by atoms with E-state index in [4.69, 9.17) is 27.7 Å². The van der Waals surface area contributed by atoms with Crippen LogP contribution in [0.2, 0.25) is 10.0 Å². The van der Waals surface area contributed by atoms with Crippen LogP contribution in [0.3, 0.4) is 0 Å². The third kappa shape index (κ3) is 4.42. The predicted molar refractivity (Wildman–Crippen MR) is 99.9 cm³/mol. The van der Waals surface area contributed by atoms with Gasteiger partial charge < -0.3 is 9.09 Å². The third-order valence-corrected chi connectivity index (χ3v) is 4.15. The highest BCUT2D eigenvalue weighted by Gasteiger charge is 2.13. The molecule has 0 aliphatic heterocycles. The minimum atomic E-state index is -0.592. The number of benzene rings is 1. The van der Waals surface area contributed by atoms with E-state index in [1.54, 1.807) is 0 Å². The average Bonchev–Trinajstić information content (AvgIpc) is 3.04. The topological polar surface area (TPSA) is 82.9 Å². The second kappa shape index (κ2) is 8.33. The maximum absolute atomic E-state index is 12.1. The molecule has 0 amide bonds. The minimum absolute atomic E-state index is 0. The zero-order valence-corrected chi connectivity index (χ0v) is 14.8. The highest BCUT2D eigenvalue weighted by Crippen LogP contribution is 2.11. The maximum Gasteiger partial charge on any atom is 0.331 e. The van der Waals surface area contributed by atoms with Crippen molar-refractivity contribution in [1.29, 1.82) is 0 Å². The van der Waals surface area contributed by atoms with Crippen LogP contribution in [0.15, 0.2) is 44.6 Å². The van der Waals surface area contributed by atoms with Crippen LogP contribution in [0.5, 0.6) is 0 Å². The molecule has 2 heterocycles. The fourth-order valence-corrected chi connectivity index (χ4v) is 2.70. The van der Waals surface area contributed by atoms with Crippen molar-refractivity contribution in [3.63, 3.8) is 0 Å². The van der Waals surface area contributed by atoms with Crippen molar-refractivity contribution in [2.75, 3.05) is 0 Å². The molecule has 0 saturated carbocycles. The van der Waals surface area contributed by atoms with Crippen molar-refractivity contribution in [1.82, 2.24) is 19.3 Å². The Morgan fingerprint density at radius 3 is 2.50 bits per heavy atom. The van der Waals surface area contributed by atoms with Gasteiger partial charge in [-0.3, -0.25) is 4.79 Å². The van der Waals surface area contributed by atoms with Crippen LogP contribution in [0, 0.1) is 0 Å². The van der Waals surface area contributed by atoms with Crippen molar-refractivity contribution in [2.45, 2.75) is 26.8 Å². The molecule has 0 spiro atoms. The summed E-state index contributed by atoms with van der Waals surface area (Å²) in [6.07, 6.45) is 2.55. The molecule has 1 aromatic carbocycles. The summed E-state index contributed by atoms with van der Waals surface area (Å²) < 4.78 is 7.31. The fraction of sp³-hybridized carbons (Fsp3) is 0.294. The molecule has 0 saturated heterocycles. The first-order valence-corrected chi connectivity index (χ1v) is 8.21. The monoisotopic (exact) mass is 396 g/mol. The average molecular weight is 397 g/mol. The molecule has 7 nitrogen and oxygen atoms in total. The van der Waals surface area contributed by atoms with Gasteiger partial charge in [-0.2, -0.15) is 4.98 Å². The fourth-order valence-electron chi connectivity index (χ4n) is 2.32. The van der Waals surface area contributed by atoms with E-state index in [9.17, 15) is 9.59 Å². The molecular formula is C17H18Cl2N4O3. The first-order chi connectivity index (χ1) is 11.9. The summed E-state index contributed by atoms with van der Waals surface area (Å²) in [6, 6.07) is 7.50. The van der Waals surface area contributed by atoms with Crippen LogP contribution < -0.4 is 11.2 Å². The largest absolute Gasteiger partial charge is 0.337 e. The Hall–Kier alpha value is -2.38. The van der Waals surface area contributed by atoms with Gasteiger partial charge in [-0.25, -0.2) is 9.36 Å². The van der Waals surface area contributed by atoms with E-state index in [0.717, 1.165) is 16.6 Å². The number of halogens is 2. The first kappa shape index (κ1) is 19.9. The lowest BCUT2D eigenvalue weighted by Crippen LogP contribution is -2.39. The van der Waals surface area contributed by atoms with E-state index in [-0.39, 0.29) is 24.9 Å². The number of nitrogens with zero attached hydrogens (tertiary/aromatic N) is 4. The lowest BCUT2D eigenvalue weighted by atomic mass is 10.1. The number of aromatic nitrogens is 4. The van der Waals surface area contributed by atoms with Gasteiger partial charge in [0.15, 0.2) is 5.82 Å². The number of aryl methyl sites for hydroxylation is 3. The summed E-state index contributed by atoms with van der Waals surface area (Å²) in [5, 5.41) is 4.51. The van der Waals surface area contributed by atoms with Gasteiger partial charge in [-0.15, -0.1) is 0 Å². The van der Waals surface area contributed by atoms with E-state index in [0.29, 0.717) is 17.3 Å². The number of rotatable bonds is 5. The molecule has 0 fully saturated rings. The molecule has 2 aromatic heterocycles. The summed E-state index contributed by atoms with van der Waals surface area (Å²) in [4.78, 5) is 28.3. The van der Waals surface area contributed by atoms with Crippen LogP contribution in [0.1, 0.15) is 24.7 Å². The normalized spacial score (nSPS) is 10.6. The van der Waals surface area contributed by atoms with Gasteiger partial charge in [-0.1, -0.05) is 47.9 Å². The molecule has 3 aromatic rings. The Kier molecular flexibility index (Phi) is 6.39. The van der Waals surface area contributed by atoms with Gasteiger partial charge in [0.25, 0.3) is 5.56 Å². The SMILES string of the molecule is C.Cn1cc(Cl)c(=O)n(Cc2nc(CCc3ccc(Cl)cc3)no2)c1=O. The van der Waals surface area contributed by atoms with Gasteiger partial charge in [0.1, 0.15) is 11.6 Å². The van der Waals surface area contributed by atoms with Crippen LogP contribution in [0.4, 0.5) is 0 Å². The Morgan fingerprint density at radius 1 is 1.12 bits per heavy atom. The molecule has 0 unspecified atom stereocenters. The summed E-state index contributed by atoms with van der Waals surface area (Å²) in [5.74, 6) is 0.671. The Morgan fingerprint density at radius 2 is 1.81 bits per heavy atom. The molecular weight excluding hydrogens is 379 g/mol. The second-order valence-electron chi connectivity index (χ2n) is 5.49. The van der Waals surface area contributed by atoms with Crippen LogP contribution >= 0.6 is 23.2 Å². The second-order valence-corrected chi connectivity index (χ2v) is 6.34. The molecule has 0 atom stereocenters. The van der Waals surface area contributed by atoms with Gasteiger partial charge in [-0.05, 0) is 24.1 Å². The third-order valence-electron chi connectivity index (χ3n) is 3.64. The number of hydrogen-bond donors (Lipinski definition) is 0. The van der Waals surface area contributed by atoms with Crippen LogP contribution in [-0.4, -0.2) is 19.3 Å². The standard InChI is InChI=1S/C16H14Cl2N4O3.CH4/c1-21-8-12(18)15(23)22(16(21)24)9-14-19-13(20-25-14)7-4-10-2-5-11(17)6-3-10;/h2-3,5-6,8H,4,7,9H2,1H3;1H4. The summed E-state index contributed by atoms with van der Waals surface area (Å²) in [7, 11) is 1.51. The summed E-state index contributed by atoms with van der Waals surface area (Å²) in [5.41, 5.74) is -0.00308. The molecule has 0 aliphatic rings. The first-order valence-electron chi connectivity index (χ1n) is 7.46. The van der Waals surface area contributed by atoms with E-state index < -0.39 is 11.2 Å². The van der Waals surface area contributed by atoms with Crippen LogP contribution in [0.25, 0.3) is 0 Å². The van der Waals surface area contributed by atoms with Crippen molar-refractivity contribution in [3.05, 3.63) is 78.6 Å². The Labute approximate surface area is 159 Å². The molecule has 138 valence electrons. The van der Waals surface area contributed by atoms with Gasteiger partial charge in [0.05, 0.1) is 0 Å². The van der Waals surface area contributed by atoms with E-state index in [1.165, 1.54) is 17.8 Å². The highest BCUT2D eigenvalue weighted by atomic mass is 35.5. The smallest absolute Gasteiger partial charge is 0.331 e. The molecule has 0 radical (unpaired) electrons. The predicted octanol–water partition coefficient (Wildman–Crippen LogP) is 2.71. The van der Waals surface area contributed by atoms with E-state index in [1.807, 2.05) is 24.3 Å². The summed E-state index contributed by atoms with van der Waals surface area (Å²) in [6.45, 7) is -0.125. The zero-order valence-electron chi connectivity index (χ0n) is 13.3. The van der Waals surface area contributed by atoms with Gasteiger partial charge >= 0.3 is 5.69 Å². The summed E-state index contributed by atoms with van der Waals surface area (Å²) >= 11 is 11.7. The van der Waals surface area contributed by atoms with Crippen molar-refractivity contribution >= 4 is 23.2 Å². The molecule has 9 heteroatoms. The van der Waals surface area contributed by atoms with Crippen LogP contribution in [-0.2, 0) is 26.4 Å². The van der Waals surface area contributed by atoms with E-state index in [2.05, 4.69) is 10.1 Å². The minimum Gasteiger partial charge on any atom is -0.337 e. The highest BCUT2D eigenvalue weighted by molar-refractivity contribution is 6.30.